The van der Waals surface area contributed by atoms with Gasteiger partial charge in [0.25, 0.3) is 0 Å². The van der Waals surface area contributed by atoms with E-state index in [-0.39, 0.29) is 0 Å². The van der Waals surface area contributed by atoms with Crippen molar-refractivity contribution in [3.63, 3.8) is 0 Å². The molecule has 11 heteroatoms. The lowest BCUT2D eigenvalue weighted by Gasteiger charge is -2.34. The zero-order valence-corrected chi connectivity index (χ0v) is 12.9. The van der Waals surface area contributed by atoms with Gasteiger partial charge in [0.2, 0.25) is 0 Å². The van der Waals surface area contributed by atoms with Gasteiger partial charge in [-0.15, -0.1) is 0 Å². The van der Waals surface area contributed by atoms with Crippen LogP contribution in [-0.4, -0.2) is 53.9 Å². The second kappa shape index (κ2) is 5.58. The van der Waals surface area contributed by atoms with Gasteiger partial charge in [-0.05, 0) is 31.9 Å². The van der Waals surface area contributed by atoms with Crippen molar-refractivity contribution in [3.05, 3.63) is 21.2 Å². The number of carboxylic acids is 4. The molecule has 1 rings (SSSR count). The third kappa shape index (κ3) is 2.71. The molecule has 0 amide bonds. The fraction of sp³-hybridized carbons (Fsp3) is 0.200. The van der Waals surface area contributed by atoms with Gasteiger partial charge < -0.3 is 25.5 Å². The summed E-state index contributed by atoms with van der Waals surface area (Å²) in [5.41, 5.74) is -3.25. The van der Waals surface area contributed by atoms with E-state index in [2.05, 4.69) is 31.9 Å². The molecule has 0 aromatic carbocycles. The number of carbonyl (C=O) groups is 4. The third-order valence-electron chi connectivity index (χ3n) is 2.63. The zero-order chi connectivity index (χ0) is 16.7. The maximum absolute atomic E-state index is 11.2. The number of hydrogen-bond acceptors (Lipinski definition) is 5. The Morgan fingerprint density at radius 1 is 0.952 bits per heavy atom. The molecule has 5 N–H and O–H groups in total. The van der Waals surface area contributed by atoms with Gasteiger partial charge in [0.1, 0.15) is 5.92 Å². The lowest BCUT2D eigenvalue weighted by molar-refractivity contribution is -0.149. The van der Waals surface area contributed by atoms with E-state index in [4.69, 9.17) is 20.4 Å². The van der Waals surface area contributed by atoms with Gasteiger partial charge in [0.15, 0.2) is 4.51 Å². The van der Waals surface area contributed by atoms with Crippen molar-refractivity contribution >= 4 is 55.7 Å². The van der Waals surface area contributed by atoms with E-state index in [1.807, 2.05) is 0 Å². The summed E-state index contributed by atoms with van der Waals surface area (Å²) >= 11 is 5.02. The molecule has 1 aliphatic carbocycles. The van der Waals surface area contributed by atoms with Crippen LogP contribution < -0.4 is 0 Å². The molecule has 0 saturated carbocycles. The topological polar surface area (TPSA) is 169 Å². The Morgan fingerprint density at radius 2 is 1.43 bits per heavy atom. The van der Waals surface area contributed by atoms with Crippen LogP contribution in [0.2, 0.25) is 0 Å². The number of alkyl halides is 1. The van der Waals surface area contributed by atoms with Crippen molar-refractivity contribution in [2.24, 2.45) is 5.92 Å². The van der Waals surface area contributed by atoms with Crippen molar-refractivity contribution in [1.29, 1.82) is 0 Å². The molecule has 2 unspecified atom stereocenters. The summed E-state index contributed by atoms with van der Waals surface area (Å²) < 4.78 is -3.65. The van der Waals surface area contributed by atoms with Crippen LogP contribution in [0.1, 0.15) is 0 Å². The summed E-state index contributed by atoms with van der Waals surface area (Å²) in [5.74, 6) is -9.68. The molecule has 114 valence electrons. The zero-order valence-electron chi connectivity index (χ0n) is 9.70. The van der Waals surface area contributed by atoms with E-state index in [9.17, 15) is 24.3 Å². The molecule has 0 spiro atoms. The minimum absolute atomic E-state index is 0.739. The molecule has 9 nitrogen and oxygen atoms in total. The first-order chi connectivity index (χ1) is 9.44. The van der Waals surface area contributed by atoms with Crippen LogP contribution in [0, 0.1) is 5.92 Å². The minimum Gasteiger partial charge on any atom is -0.481 e. The van der Waals surface area contributed by atoms with Crippen molar-refractivity contribution < 1.29 is 44.7 Å². The highest BCUT2D eigenvalue weighted by atomic mass is 79.9. The lowest BCUT2D eigenvalue weighted by Crippen LogP contribution is -2.47. The molecule has 0 saturated heterocycles. The Kier molecular flexibility index (Phi) is 4.60. The van der Waals surface area contributed by atoms with Gasteiger partial charge in [-0.25, -0.2) is 14.4 Å². The standard InChI is InChI=1S/C10H6Br2O9/c11-5-1(6(13)14)3(8(17)18)10(12,21)4(9(19)20)2(5)7(15)16/h3,21H,(H,13,14)(H,15,16)(H,17,18)(H,19,20). The van der Waals surface area contributed by atoms with Gasteiger partial charge in [-0.3, -0.25) is 4.79 Å². The normalized spacial score (nSPS) is 25.8. The smallest absolute Gasteiger partial charge is 0.337 e. The molecule has 0 radical (unpaired) electrons. The van der Waals surface area contributed by atoms with Crippen molar-refractivity contribution in [1.82, 2.24) is 0 Å². The van der Waals surface area contributed by atoms with E-state index in [0.29, 0.717) is 0 Å². The molecule has 0 aliphatic heterocycles. The first-order valence-corrected chi connectivity index (χ1v) is 6.51. The summed E-state index contributed by atoms with van der Waals surface area (Å²) in [5, 5.41) is 46.3. The Bertz CT molecular complexity index is 628. The average Bonchev–Trinajstić information content (AvgIpc) is 2.28. The molecule has 0 heterocycles. The van der Waals surface area contributed by atoms with Crippen LogP contribution in [-0.2, 0) is 19.2 Å². The SMILES string of the molecule is O=C(O)C1=C(C(=O)O)C(O)(Br)C(C(=O)O)C(C(=O)O)=C1Br. The van der Waals surface area contributed by atoms with Gasteiger partial charge >= 0.3 is 23.9 Å². The molecule has 0 fully saturated rings. The van der Waals surface area contributed by atoms with Crippen molar-refractivity contribution in [3.8, 4) is 0 Å². The molecule has 1 aliphatic rings. The summed E-state index contributed by atoms with van der Waals surface area (Å²) in [4.78, 5) is 44.7. The second-order valence-electron chi connectivity index (χ2n) is 3.84. The number of halogens is 2. The highest BCUT2D eigenvalue weighted by molar-refractivity contribution is 9.12. The van der Waals surface area contributed by atoms with Gasteiger partial charge in [0.05, 0.1) is 16.7 Å². The van der Waals surface area contributed by atoms with Crippen LogP contribution in [0.4, 0.5) is 0 Å². The van der Waals surface area contributed by atoms with E-state index < -0.39 is 55.5 Å². The molecular weight excluding hydrogens is 424 g/mol. The molecule has 0 aromatic heterocycles. The summed E-state index contributed by atoms with van der Waals surface area (Å²) in [6, 6.07) is 0. The monoisotopic (exact) mass is 428 g/mol. The van der Waals surface area contributed by atoms with Gasteiger partial charge in [0, 0.05) is 4.48 Å². The van der Waals surface area contributed by atoms with Gasteiger partial charge in [-0.2, -0.15) is 0 Å². The first kappa shape index (κ1) is 17.3. The molecular formula is C10H6Br2O9. The molecule has 0 bridgehead atoms. The molecule has 21 heavy (non-hydrogen) atoms. The highest BCUT2D eigenvalue weighted by Crippen LogP contribution is 2.47. The van der Waals surface area contributed by atoms with Gasteiger partial charge in [-0.1, -0.05) is 0 Å². The van der Waals surface area contributed by atoms with E-state index in [1.165, 1.54) is 0 Å². The van der Waals surface area contributed by atoms with Crippen LogP contribution in [0.25, 0.3) is 0 Å². The maximum atomic E-state index is 11.2. The number of rotatable bonds is 4. The Balaban J connectivity index is 3.93. The fourth-order valence-electron chi connectivity index (χ4n) is 1.84. The summed E-state index contributed by atoms with van der Waals surface area (Å²) in [6.45, 7) is 0. The largest absolute Gasteiger partial charge is 0.481 e. The van der Waals surface area contributed by atoms with Crippen LogP contribution in [0.15, 0.2) is 21.2 Å². The Labute approximate surface area is 132 Å². The summed E-state index contributed by atoms with van der Waals surface area (Å²) in [7, 11) is 0. The maximum Gasteiger partial charge on any atom is 0.337 e. The predicted molar refractivity (Wildman–Crippen MR) is 70.9 cm³/mol. The summed E-state index contributed by atoms with van der Waals surface area (Å²) in [6.07, 6.45) is 0. The number of aliphatic carboxylic acids is 4. The lowest BCUT2D eigenvalue weighted by atomic mass is 9.80. The van der Waals surface area contributed by atoms with E-state index >= 15 is 0 Å². The Hall–Kier alpha value is -1.72. The van der Waals surface area contributed by atoms with Crippen molar-refractivity contribution in [2.45, 2.75) is 4.51 Å². The quantitative estimate of drug-likeness (QED) is 0.385. The minimum atomic E-state index is -2.91. The van der Waals surface area contributed by atoms with E-state index in [1.54, 1.807) is 0 Å². The molecule has 0 aromatic rings. The van der Waals surface area contributed by atoms with Crippen LogP contribution in [0.5, 0.6) is 0 Å². The van der Waals surface area contributed by atoms with Crippen LogP contribution >= 0.6 is 31.9 Å². The van der Waals surface area contributed by atoms with E-state index in [0.717, 1.165) is 0 Å². The van der Waals surface area contributed by atoms with Crippen LogP contribution in [0.3, 0.4) is 0 Å². The van der Waals surface area contributed by atoms with Crippen molar-refractivity contribution in [2.75, 3.05) is 0 Å². The first-order valence-electron chi connectivity index (χ1n) is 4.93. The number of aliphatic hydroxyl groups is 1. The average molecular weight is 430 g/mol. The number of hydrogen-bond donors (Lipinski definition) is 5. The second-order valence-corrected chi connectivity index (χ2v) is 5.84. The molecule has 2 atom stereocenters. The predicted octanol–water partition coefficient (Wildman–Crippen LogP) is -0.0163. The highest BCUT2D eigenvalue weighted by Gasteiger charge is 2.55. The Morgan fingerprint density at radius 3 is 1.71 bits per heavy atom. The fourth-order valence-corrected chi connectivity index (χ4v) is 3.40. The number of carboxylic acid groups (broad SMARTS) is 4. The third-order valence-corrected chi connectivity index (χ3v) is 4.31.